The van der Waals surface area contributed by atoms with Crippen LogP contribution in [0.25, 0.3) is 0 Å². The first-order chi connectivity index (χ1) is 11.2. The van der Waals surface area contributed by atoms with E-state index < -0.39 is 0 Å². The zero-order valence-corrected chi connectivity index (χ0v) is 14.3. The van der Waals surface area contributed by atoms with Gasteiger partial charge in [0.15, 0.2) is 0 Å². The Balaban J connectivity index is 1.53. The first kappa shape index (κ1) is 16.1. The molecule has 0 amide bonds. The molecule has 2 aromatic rings. The number of hydrogen-bond acceptors (Lipinski definition) is 2. The molecule has 0 aromatic heterocycles. The van der Waals surface area contributed by atoms with Crippen LogP contribution in [-0.4, -0.2) is 13.1 Å². The second-order valence-corrected chi connectivity index (χ2v) is 7.11. The Kier molecular flexibility index (Phi) is 5.35. The van der Waals surface area contributed by atoms with Crippen molar-refractivity contribution in [2.45, 2.75) is 33.4 Å². The van der Waals surface area contributed by atoms with E-state index in [9.17, 15) is 0 Å². The van der Waals surface area contributed by atoms with E-state index in [0.29, 0.717) is 0 Å². The SMILES string of the molecule is CC1CC(C)CN(c2ccc(CNCc3ccccc3)cc2)C1. The molecule has 2 heteroatoms. The van der Waals surface area contributed by atoms with Gasteiger partial charge in [0.25, 0.3) is 0 Å². The summed E-state index contributed by atoms with van der Waals surface area (Å²) < 4.78 is 0. The number of nitrogens with zero attached hydrogens (tertiary/aromatic N) is 1. The maximum Gasteiger partial charge on any atom is 0.0366 e. The second-order valence-electron chi connectivity index (χ2n) is 7.11. The quantitative estimate of drug-likeness (QED) is 0.877. The maximum atomic E-state index is 3.52. The zero-order valence-electron chi connectivity index (χ0n) is 14.3. The Morgan fingerprint density at radius 3 is 2.00 bits per heavy atom. The molecule has 0 aliphatic carbocycles. The molecule has 2 unspecified atom stereocenters. The van der Waals surface area contributed by atoms with Crippen LogP contribution in [-0.2, 0) is 13.1 Å². The molecular formula is C21H28N2. The highest BCUT2D eigenvalue weighted by molar-refractivity contribution is 5.48. The number of rotatable bonds is 5. The zero-order chi connectivity index (χ0) is 16.1. The molecule has 1 N–H and O–H groups in total. The number of piperidine rings is 1. The molecule has 1 saturated heterocycles. The van der Waals surface area contributed by atoms with Gasteiger partial charge in [0, 0.05) is 31.9 Å². The normalized spacial score (nSPS) is 21.4. The summed E-state index contributed by atoms with van der Waals surface area (Å²) in [6, 6.07) is 19.6. The van der Waals surface area contributed by atoms with E-state index in [4.69, 9.17) is 0 Å². The van der Waals surface area contributed by atoms with Gasteiger partial charge in [-0.15, -0.1) is 0 Å². The van der Waals surface area contributed by atoms with Gasteiger partial charge in [-0.2, -0.15) is 0 Å². The van der Waals surface area contributed by atoms with Crippen molar-refractivity contribution in [1.29, 1.82) is 0 Å². The van der Waals surface area contributed by atoms with Crippen LogP contribution in [0.1, 0.15) is 31.4 Å². The van der Waals surface area contributed by atoms with Crippen molar-refractivity contribution in [1.82, 2.24) is 5.32 Å². The fourth-order valence-corrected chi connectivity index (χ4v) is 3.65. The molecule has 2 nitrogen and oxygen atoms in total. The van der Waals surface area contributed by atoms with E-state index in [2.05, 4.69) is 78.7 Å². The third kappa shape index (κ3) is 4.59. The van der Waals surface area contributed by atoms with E-state index in [-0.39, 0.29) is 0 Å². The van der Waals surface area contributed by atoms with Crippen molar-refractivity contribution in [3.05, 3.63) is 65.7 Å². The van der Waals surface area contributed by atoms with Crippen LogP contribution in [0, 0.1) is 11.8 Å². The van der Waals surface area contributed by atoms with E-state index >= 15 is 0 Å². The Morgan fingerprint density at radius 2 is 1.39 bits per heavy atom. The lowest BCUT2D eigenvalue weighted by Gasteiger charge is -2.36. The van der Waals surface area contributed by atoms with Gasteiger partial charge >= 0.3 is 0 Å². The first-order valence-electron chi connectivity index (χ1n) is 8.79. The number of benzene rings is 2. The number of hydrogen-bond donors (Lipinski definition) is 1. The smallest absolute Gasteiger partial charge is 0.0366 e. The summed E-state index contributed by atoms with van der Waals surface area (Å²) in [5.74, 6) is 1.59. The van der Waals surface area contributed by atoms with Crippen molar-refractivity contribution in [2.24, 2.45) is 11.8 Å². The minimum absolute atomic E-state index is 0.797. The van der Waals surface area contributed by atoms with Crippen LogP contribution >= 0.6 is 0 Å². The van der Waals surface area contributed by atoms with E-state index in [1.165, 1.54) is 36.3 Å². The van der Waals surface area contributed by atoms with Gasteiger partial charge in [0.2, 0.25) is 0 Å². The van der Waals surface area contributed by atoms with Crippen LogP contribution in [0.3, 0.4) is 0 Å². The molecule has 1 aliphatic rings. The van der Waals surface area contributed by atoms with Crippen molar-refractivity contribution in [3.8, 4) is 0 Å². The van der Waals surface area contributed by atoms with E-state index in [1.807, 2.05) is 0 Å². The summed E-state index contributed by atoms with van der Waals surface area (Å²) in [6.07, 6.45) is 1.36. The highest BCUT2D eigenvalue weighted by atomic mass is 15.1. The molecule has 0 saturated carbocycles. The standard InChI is InChI=1S/C21H28N2/c1-17-12-18(2)16-23(15-17)21-10-8-20(9-11-21)14-22-13-19-6-4-3-5-7-19/h3-11,17-18,22H,12-16H2,1-2H3. The predicted octanol–water partition coefficient (Wildman–Crippen LogP) is 4.46. The highest BCUT2D eigenvalue weighted by Gasteiger charge is 2.21. The highest BCUT2D eigenvalue weighted by Crippen LogP contribution is 2.26. The number of anilines is 1. The first-order valence-corrected chi connectivity index (χ1v) is 8.79. The van der Waals surface area contributed by atoms with Crippen LogP contribution in [0.5, 0.6) is 0 Å². The van der Waals surface area contributed by atoms with Gasteiger partial charge in [-0.25, -0.2) is 0 Å². The summed E-state index contributed by atoms with van der Waals surface area (Å²) in [6.45, 7) is 8.95. The van der Waals surface area contributed by atoms with Crippen molar-refractivity contribution in [3.63, 3.8) is 0 Å². The summed E-state index contributed by atoms with van der Waals surface area (Å²) in [7, 11) is 0. The summed E-state index contributed by atoms with van der Waals surface area (Å²) in [5.41, 5.74) is 4.05. The number of nitrogens with one attached hydrogen (secondary N) is 1. The minimum atomic E-state index is 0.797. The Hall–Kier alpha value is -1.80. The summed E-state index contributed by atoms with van der Waals surface area (Å²) >= 11 is 0. The van der Waals surface area contributed by atoms with Crippen molar-refractivity contribution >= 4 is 5.69 Å². The van der Waals surface area contributed by atoms with Gasteiger partial charge in [-0.1, -0.05) is 56.3 Å². The van der Waals surface area contributed by atoms with Gasteiger partial charge < -0.3 is 10.2 Å². The van der Waals surface area contributed by atoms with Crippen LogP contribution in [0.2, 0.25) is 0 Å². The lowest BCUT2D eigenvalue weighted by Crippen LogP contribution is -2.38. The molecule has 1 fully saturated rings. The Morgan fingerprint density at radius 1 is 0.826 bits per heavy atom. The molecule has 3 rings (SSSR count). The average Bonchev–Trinajstić information content (AvgIpc) is 2.56. The second kappa shape index (κ2) is 7.65. The summed E-state index contributed by atoms with van der Waals surface area (Å²) in [5, 5.41) is 3.52. The molecule has 1 heterocycles. The third-order valence-corrected chi connectivity index (χ3v) is 4.67. The molecule has 1 aliphatic heterocycles. The average molecular weight is 308 g/mol. The van der Waals surface area contributed by atoms with Crippen LogP contribution in [0.15, 0.2) is 54.6 Å². The Labute approximate surface area is 140 Å². The van der Waals surface area contributed by atoms with Gasteiger partial charge in [-0.3, -0.25) is 0 Å². The molecule has 2 aromatic carbocycles. The van der Waals surface area contributed by atoms with Crippen LogP contribution < -0.4 is 10.2 Å². The topological polar surface area (TPSA) is 15.3 Å². The third-order valence-electron chi connectivity index (χ3n) is 4.67. The maximum absolute atomic E-state index is 3.52. The molecular weight excluding hydrogens is 280 g/mol. The van der Waals surface area contributed by atoms with E-state index in [0.717, 1.165) is 24.9 Å². The Bertz CT molecular complexity index is 581. The molecule has 0 bridgehead atoms. The monoisotopic (exact) mass is 308 g/mol. The lowest BCUT2D eigenvalue weighted by molar-refractivity contribution is 0.357. The fourth-order valence-electron chi connectivity index (χ4n) is 3.65. The fraction of sp³-hybridized carbons (Fsp3) is 0.429. The molecule has 122 valence electrons. The lowest BCUT2D eigenvalue weighted by atomic mass is 9.91. The van der Waals surface area contributed by atoms with Crippen LogP contribution in [0.4, 0.5) is 5.69 Å². The van der Waals surface area contributed by atoms with Gasteiger partial charge in [-0.05, 0) is 41.5 Å². The predicted molar refractivity (Wildman–Crippen MR) is 98.6 cm³/mol. The van der Waals surface area contributed by atoms with Crippen molar-refractivity contribution < 1.29 is 0 Å². The van der Waals surface area contributed by atoms with Gasteiger partial charge in [0.05, 0.1) is 0 Å². The molecule has 0 radical (unpaired) electrons. The largest absolute Gasteiger partial charge is 0.371 e. The molecule has 0 spiro atoms. The van der Waals surface area contributed by atoms with Crippen molar-refractivity contribution in [2.75, 3.05) is 18.0 Å². The summed E-state index contributed by atoms with van der Waals surface area (Å²) in [4.78, 5) is 2.54. The minimum Gasteiger partial charge on any atom is -0.371 e. The molecule has 2 atom stereocenters. The molecule has 23 heavy (non-hydrogen) atoms. The van der Waals surface area contributed by atoms with Gasteiger partial charge in [0.1, 0.15) is 0 Å². The van der Waals surface area contributed by atoms with E-state index in [1.54, 1.807) is 0 Å².